The summed E-state index contributed by atoms with van der Waals surface area (Å²) in [4.78, 5) is 0. The van der Waals surface area contributed by atoms with Crippen LogP contribution in [-0.4, -0.2) is 22.5 Å². The number of fused-ring (bicyclic) bond motifs is 1. The van der Waals surface area contributed by atoms with Gasteiger partial charge in [-0.2, -0.15) is 15.4 Å². The van der Waals surface area contributed by atoms with E-state index in [-0.39, 0.29) is 0 Å². The summed E-state index contributed by atoms with van der Waals surface area (Å²) in [5, 5.41) is 10.5. The molecule has 0 saturated carbocycles. The van der Waals surface area contributed by atoms with E-state index in [1.54, 1.807) is 7.11 Å². The highest BCUT2D eigenvalue weighted by atomic mass is 16.5. The van der Waals surface area contributed by atoms with Gasteiger partial charge in [0.15, 0.2) is 0 Å². The molecule has 0 aliphatic carbocycles. The summed E-state index contributed by atoms with van der Waals surface area (Å²) in [5.74, 6) is 0.814. The number of methoxy groups -OCH3 is 1. The van der Waals surface area contributed by atoms with Crippen LogP contribution >= 0.6 is 0 Å². The summed E-state index contributed by atoms with van der Waals surface area (Å²) >= 11 is 0. The summed E-state index contributed by atoms with van der Waals surface area (Å²) in [6.07, 6.45) is 0. The van der Waals surface area contributed by atoms with Gasteiger partial charge in [0.2, 0.25) is 0 Å². The number of hydrogen-bond acceptors (Lipinski definition) is 3. The lowest BCUT2D eigenvalue weighted by atomic mass is 10.2. The van der Waals surface area contributed by atoms with Crippen molar-refractivity contribution in [2.24, 2.45) is 0 Å². The molecule has 0 unspecified atom stereocenters. The first-order valence-corrected chi connectivity index (χ1v) is 3.66. The second-order valence-electron chi connectivity index (χ2n) is 2.64. The van der Waals surface area contributed by atoms with Crippen LogP contribution in [0.1, 0.15) is 5.56 Å². The second-order valence-corrected chi connectivity index (χ2v) is 2.64. The Bertz CT molecular complexity index is 408. The topological polar surface area (TPSA) is 50.8 Å². The molecule has 2 aromatic rings. The monoisotopic (exact) mass is 163 g/mol. The second kappa shape index (κ2) is 2.48. The van der Waals surface area contributed by atoms with Gasteiger partial charge in [-0.05, 0) is 18.6 Å². The first kappa shape index (κ1) is 7.09. The van der Waals surface area contributed by atoms with Gasteiger partial charge in [-0.15, -0.1) is 0 Å². The number of rotatable bonds is 1. The molecule has 1 aromatic heterocycles. The first-order chi connectivity index (χ1) is 5.81. The molecule has 0 aliphatic heterocycles. The van der Waals surface area contributed by atoms with Crippen LogP contribution in [0.3, 0.4) is 0 Å². The van der Waals surface area contributed by atoms with Crippen LogP contribution in [0.25, 0.3) is 11.0 Å². The van der Waals surface area contributed by atoms with Crippen molar-refractivity contribution < 1.29 is 4.74 Å². The smallest absolute Gasteiger partial charge is 0.121 e. The quantitative estimate of drug-likeness (QED) is 0.688. The summed E-state index contributed by atoms with van der Waals surface area (Å²) in [5.41, 5.74) is 2.81. The van der Waals surface area contributed by atoms with E-state index in [2.05, 4.69) is 15.4 Å². The minimum Gasteiger partial charge on any atom is -0.497 e. The zero-order valence-corrected chi connectivity index (χ0v) is 6.96. The van der Waals surface area contributed by atoms with Gasteiger partial charge < -0.3 is 4.74 Å². The number of nitrogens with zero attached hydrogens (tertiary/aromatic N) is 2. The number of aryl methyl sites for hydroxylation is 1. The Morgan fingerprint density at radius 2 is 2.17 bits per heavy atom. The van der Waals surface area contributed by atoms with E-state index >= 15 is 0 Å². The molecule has 4 heteroatoms. The van der Waals surface area contributed by atoms with Gasteiger partial charge in [0, 0.05) is 6.07 Å². The molecule has 0 aliphatic rings. The predicted octanol–water partition coefficient (Wildman–Crippen LogP) is 1.27. The number of ether oxygens (including phenoxy) is 1. The lowest BCUT2D eigenvalue weighted by Gasteiger charge is -1.99. The molecule has 4 nitrogen and oxygen atoms in total. The fourth-order valence-electron chi connectivity index (χ4n) is 1.21. The van der Waals surface area contributed by atoms with Gasteiger partial charge in [0.25, 0.3) is 0 Å². The predicted molar refractivity (Wildman–Crippen MR) is 45.2 cm³/mol. The van der Waals surface area contributed by atoms with Crippen LogP contribution in [0.15, 0.2) is 12.1 Å². The van der Waals surface area contributed by atoms with Gasteiger partial charge in [0.1, 0.15) is 16.8 Å². The van der Waals surface area contributed by atoms with E-state index in [0.29, 0.717) is 0 Å². The Balaban J connectivity index is 2.75. The highest BCUT2D eigenvalue weighted by Crippen LogP contribution is 2.20. The fraction of sp³-hybridized carbons (Fsp3) is 0.250. The van der Waals surface area contributed by atoms with Gasteiger partial charge in [-0.3, -0.25) is 0 Å². The van der Waals surface area contributed by atoms with E-state index in [0.717, 1.165) is 22.3 Å². The molecule has 62 valence electrons. The number of benzene rings is 1. The van der Waals surface area contributed by atoms with Crippen LogP contribution in [-0.2, 0) is 0 Å². The molecule has 2 rings (SSSR count). The van der Waals surface area contributed by atoms with Crippen molar-refractivity contribution >= 4 is 11.0 Å². The zero-order valence-electron chi connectivity index (χ0n) is 6.96. The summed E-state index contributed by atoms with van der Waals surface area (Å²) < 4.78 is 5.09. The van der Waals surface area contributed by atoms with Crippen molar-refractivity contribution in [2.45, 2.75) is 6.92 Å². The maximum Gasteiger partial charge on any atom is 0.121 e. The molecular formula is C8H9N3O. The highest BCUT2D eigenvalue weighted by Gasteiger charge is 2.03. The molecule has 0 radical (unpaired) electrons. The number of hydrogen-bond donors (Lipinski definition) is 1. The lowest BCUT2D eigenvalue weighted by Crippen LogP contribution is -1.84. The van der Waals surface area contributed by atoms with Crippen LogP contribution in [0, 0.1) is 6.92 Å². The van der Waals surface area contributed by atoms with Gasteiger partial charge >= 0.3 is 0 Å². The largest absolute Gasteiger partial charge is 0.497 e. The Labute approximate surface area is 69.5 Å². The molecule has 0 bridgehead atoms. The normalized spacial score (nSPS) is 10.5. The van der Waals surface area contributed by atoms with Crippen LogP contribution in [0.4, 0.5) is 0 Å². The van der Waals surface area contributed by atoms with Crippen molar-refractivity contribution in [1.82, 2.24) is 15.4 Å². The third-order valence-corrected chi connectivity index (χ3v) is 1.82. The molecule has 0 spiro atoms. The van der Waals surface area contributed by atoms with Crippen molar-refractivity contribution in [1.29, 1.82) is 0 Å². The molecule has 12 heavy (non-hydrogen) atoms. The molecule has 1 N–H and O–H groups in total. The summed E-state index contributed by atoms with van der Waals surface area (Å²) in [6.45, 7) is 1.98. The van der Waals surface area contributed by atoms with Crippen LogP contribution in [0.5, 0.6) is 5.75 Å². The Morgan fingerprint density at radius 1 is 1.33 bits per heavy atom. The van der Waals surface area contributed by atoms with Crippen molar-refractivity contribution in [3.8, 4) is 5.75 Å². The molecule has 1 heterocycles. The molecule has 0 atom stereocenters. The minimum absolute atomic E-state index is 0.814. The molecule has 0 amide bonds. The number of aromatic nitrogens is 3. The Morgan fingerprint density at radius 3 is 2.92 bits per heavy atom. The highest BCUT2D eigenvalue weighted by molar-refractivity contribution is 5.78. The van der Waals surface area contributed by atoms with Gasteiger partial charge in [0.05, 0.1) is 7.11 Å². The minimum atomic E-state index is 0.814. The Hall–Kier alpha value is -1.58. The summed E-state index contributed by atoms with van der Waals surface area (Å²) in [7, 11) is 1.64. The average molecular weight is 163 g/mol. The van der Waals surface area contributed by atoms with E-state index < -0.39 is 0 Å². The average Bonchev–Trinajstić information content (AvgIpc) is 2.52. The number of aromatic amines is 1. The molecule has 0 saturated heterocycles. The summed E-state index contributed by atoms with van der Waals surface area (Å²) in [6, 6.07) is 3.79. The van der Waals surface area contributed by atoms with E-state index in [4.69, 9.17) is 4.74 Å². The Kier molecular flexibility index (Phi) is 1.46. The maximum atomic E-state index is 5.09. The molecule has 1 aromatic carbocycles. The van der Waals surface area contributed by atoms with E-state index in [1.165, 1.54) is 0 Å². The van der Waals surface area contributed by atoms with Crippen molar-refractivity contribution in [2.75, 3.05) is 7.11 Å². The standard InChI is InChI=1S/C8H9N3O/c1-5-3-6(12-2)4-7-8(5)10-11-9-7/h3-4H,1-2H3,(H,9,10,11). The van der Waals surface area contributed by atoms with Crippen molar-refractivity contribution in [3.05, 3.63) is 17.7 Å². The first-order valence-electron chi connectivity index (χ1n) is 3.66. The van der Waals surface area contributed by atoms with E-state index in [9.17, 15) is 0 Å². The van der Waals surface area contributed by atoms with Crippen molar-refractivity contribution in [3.63, 3.8) is 0 Å². The fourth-order valence-corrected chi connectivity index (χ4v) is 1.21. The third-order valence-electron chi connectivity index (χ3n) is 1.82. The van der Waals surface area contributed by atoms with Gasteiger partial charge in [-0.1, -0.05) is 0 Å². The SMILES string of the molecule is COc1cc(C)c2n[nH]nc2c1. The lowest BCUT2D eigenvalue weighted by molar-refractivity contribution is 0.415. The molecule has 0 fully saturated rings. The van der Waals surface area contributed by atoms with Crippen LogP contribution in [0.2, 0.25) is 0 Å². The van der Waals surface area contributed by atoms with Gasteiger partial charge in [-0.25, -0.2) is 0 Å². The third kappa shape index (κ3) is 0.922. The number of nitrogens with one attached hydrogen (secondary N) is 1. The van der Waals surface area contributed by atoms with Crippen LogP contribution < -0.4 is 4.74 Å². The molecular weight excluding hydrogens is 154 g/mol. The van der Waals surface area contributed by atoms with E-state index in [1.807, 2.05) is 19.1 Å². The maximum absolute atomic E-state index is 5.09. The number of H-pyrrole nitrogens is 1. The zero-order chi connectivity index (χ0) is 8.55.